The van der Waals surface area contributed by atoms with E-state index in [1.165, 1.54) is 13.0 Å². The highest BCUT2D eigenvalue weighted by Crippen LogP contribution is 2.26. The Hall–Kier alpha value is -2.15. The van der Waals surface area contributed by atoms with Crippen molar-refractivity contribution in [1.82, 2.24) is 9.55 Å². The fraction of sp³-hybridized carbons (Fsp3) is 0.0714. The van der Waals surface area contributed by atoms with E-state index in [4.69, 9.17) is 12.2 Å². The second-order valence-corrected chi connectivity index (χ2v) is 4.96. The van der Waals surface area contributed by atoms with Crippen LogP contribution in [0.25, 0.3) is 16.7 Å². The largest absolute Gasteiger partial charge is 0.330 e. The summed E-state index contributed by atoms with van der Waals surface area (Å²) in [6.45, 7) is 1.40. The number of hydrogen-bond acceptors (Lipinski definition) is 1. The number of nitrogens with one attached hydrogen (secondary N) is 1. The number of aromatic amines is 1. The molecule has 0 aliphatic rings. The number of fused-ring (bicyclic) bond motifs is 1. The summed E-state index contributed by atoms with van der Waals surface area (Å²) in [7, 11) is 0. The molecule has 7 heteroatoms. The topological polar surface area (TPSA) is 20.7 Å². The first-order valence-corrected chi connectivity index (χ1v) is 6.35. The van der Waals surface area contributed by atoms with E-state index in [9.17, 15) is 17.6 Å². The van der Waals surface area contributed by atoms with Gasteiger partial charge in [-0.2, -0.15) is 0 Å². The third-order valence-corrected chi connectivity index (χ3v) is 3.49. The number of aromatic nitrogens is 2. The van der Waals surface area contributed by atoms with Gasteiger partial charge in [-0.1, -0.05) is 0 Å². The number of rotatable bonds is 1. The Morgan fingerprint density at radius 3 is 2.43 bits per heavy atom. The van der Waals surface area contributed by atoms with Gasteiger partial charge in [0.1, 0.15) is 17.2 Å². The van der Waals surface area contributed by atoms with Crippen LogP contribution in [0.5, 0.6) is 0 Å². The number of nitrogens with zero attached hydrogens (tertiary/aromatic N) is 1. The van der Waals surface area contributed by atoms with Crippen molar-refractivity contribution >= 4 is 23.3 Å². The summed E-state index contributed by atoms with van der Waals surface area (Å²) < 4.78 is 56.0. The van der Waals surface area contributed by atoms with Gasteiger partial charge in [0.15, 0.2) is 16.4 Å². The number of hydrogen-bond donors (Lipinski definition) is 1. The average molecular weight is 312 g/mol. The van der Waals surface area contributed by atoms with Crippen LogP contribution in [0.3, 0.4) is 0 Å². The Labute approximate surface area is 121 Å². The van der Waals surface area contributed by atoms with Gasteiger partial charge in [0.2, 0.25) is 0 Å². The first kappa shape index (κ1) is 13.8. The summed E-state index contributed by atoms with van der Waals surface area (Å²) in [4.78, 5) is 2.64. The fourth-order valence-electron chi connectivity index (χ4n) is 2.17. The standard InChI is InChI=1S/C14H8F4N2S/c1-6-4-9(17)11(5-8(6)16)20-13-10(19-14(20)21)3-2-7(15)12(13)18/h2-5H,1H3,(H,19,21). The molecule has 0 radical (unpaired) electrons. The van der Waals surface area contributed by atoms with E-state index < -0.39 is 23.3 Å². The van der Waals surface area contributed by atoms with Crippen molar-refractivity contribution in [3.63, 3.8) is 0 Å². The summed E-state index contributed by atoms with van der Waals surface area (Å²) in [6, 6.07) is 4.09. The molecule has 2 nitrogen and oxygen atoms in total. The molecule has 0 unspecified atom stereocenters. The van der Waals surface area contributed by atoms with E-state index in [1.54, 1.807) is 0 Å². The Balaban J connectivity index is 2.46. The minimum atomic E-state index is -1.18. The SMILES string of the molecule is Cc1cc(F)c(-n2c(=S)[nH]c3ccc(F)c(F)c32)cc1F. The first-order chi connectivity index (χ1) is 9.90. The quantitative estimate of drug-likeness (QED) is 0.516. The predicted molar refractivity (Wildman–Crippen MR) is 73.0 cm³/mol. The number of imidazole rings is 1. The Kier molecular flexibility index (Phi) is 3.09. The third-order valence-electron chi connectivity index (χ3n) is 3.21. The number of halogens is 4. The molecule has 108 valence electrons. The highest BCUT2D eigenvalue weighted by atomic mass is 32.1. The molecule has 2 aromatic carbocycles. The molecule has 1 aromatic heterocycles. The molecule has 0 fully saturated rings. The first-order valence-electron chi connectivity index (χ1n) is 5.95. The van der Waals surface area contributed by atoms with Gasteiger partial charge in [-0.15, -0.1) is 0 Å². The second kappa shape index (κ2) is 4.70. The summed E-state index contributed by atoms with van der Waals surface area (Å²) >= 11 is 5.00. The normalized spacial score (nSPS) is 11.3. The molecule has 0 atom stereocenters. The summed E-state index contributed by atoms with van der Waals surface area (Å²) in [5, 5.41) is 0. The van der Waals surface area contributed by atoms with Gasteiger partial charge >= 0.3 is 0 Å². The maximum absolute atomic E-state index is 14.1. The Bertz CT molecular complexity index is 927. The van der Waals surface area contributed by atoms with Crippen molar-refractivity contribution in [2.24, 2.45) is 0 Å². The summed E-state index contributed by atoms with van der Waals surface area (Å²) in [5.41, 5.74) is -0.241. The lowest BCUT2D eigenvalue weighted by Gasteiger charge is -2.08. The third kappa shape index (κ3) is 2.04. The molecule has 3 aromatic rings. The Morgan fingerprint density at radius 2 is 1.71 bits per heavy atom. The summed E-state index contributed by atoms with van der Waals surface area (Å²) in [6.07, 6.45) is 0. The van der Waals surface area contributed by atoms with Gasteiger partial charge in [-0.3, -0.25) is 4.57 Å². The molecule has 3 rings (SSSR count). The highest BCUT2D eigenvalue weighted by molar-refractivity contribution is 7.71. The maximum Gasteiger partial charge on any atom is 0.184 e. The lowest BCUT2D eigenvalue weighted by Crippen LogP contribution is -2.02. The van der Waals surface area contributed by atoms with E-state index >= 15 is 0 Å². The van der Waals surface area contributed by atoms with E-state index in [1.807, 2.05) is 0 Å². The maximum atomic E-state index is 14.1. The number of H-pyrrole nitrogens is 1. The lowest BCUT2D eigenvalue weighted by molar-refractivity contribution is 0.513. The van der Waals surface area contributed by atoms with Crippen LogP contribution in [0.4, 0.5) is 17.6 Å². The molecule has 0 saturated heterocycles. The molecule has 0 bridgehead atoms. The molecule has 1 heterocycles. The van der Waals surface area contributed by atoms with Crippen molar-refractivity contribution in [3.05, 3.63) is 57.9 Å². The monoisotopic (exact) mass is 312 g/mol. The zero-order chi connectivity index (χ0) is 15.3. The van der Waals surface area contributed by atoms with E-state index in [0.717, 1.165) is 22.8 Å². The van der Waals surface area contributed by atoms with Gasteiger partial charge < -0.3 is 4.98 Å². The van der Waals surface area contributed by atoms with Crippen LogP contribution in [0.1, 0.15) is 5.56 Å². The van der Waals surface area contributed by atoms with Gasteiger partial charge in [0.05, 0.1) is 11.2 Å². The van der Waals surface area contributed by atoms with Crippen LogP contribution in [0, 0.1) is 35.0 Å². The molecule has 0 saturated carbocycles. The highest BCUT2D eigenvalue weighted by Gasteiger charge is 2.18. The van der Waals surface area contributed by atoms with Crippen LogP contribution in [-0.2, 0) is 0 Å². The van der Waals surface area contributed by atoms with Crippen LogP contribution < -0.4 is 0 Å². The van der Waals surface area contributed by atoms with Crippen molar-refractivity contribution in [2.75, 3.05) is 0 Å². The smallest absolute Gasteiger partial charge is 0.184 e. The van der Waals surface area contributed by atoms with Crippen molar-refractivity contribution in [3.8, 4) is 5.69 Å². The second-order valence-electron chi connectivity index (χ2n) is 4.58. The Morgan fingerprint density at radius 1 is 1.00 bits per heavy atom. The van der Waals surface area contributed by atoms with Crippen LogP contribution in [-0.4, -0.2) is 9.55 Å². The average Bonchev–Trinajstić information content (AvgIpc) is 2.75. The zero-order valence-corrected chi connectivity index (χ0v) is 11.5. The lowest BCUT2D eigenvalue weighted by atomic mass is 10.2. The van der Waals surface area contributed by atoms with Gasteiger partial charge in [0.25, 0.3) is 0 Å². The summed E-state index contributed by atoms with van der Waals surface area (Å²) in [5.74, 6) is -3.73. The van der Waals surface area contributed by atoms with Crippen molar-refractivity contribution in [2.45, 2.75) is 6.92 Å². The fourth-order valence-corrected chi connectivity index (χ4v) is 2.47. The molecule has 21 heavy (non-hydrogen) atoms. The van der Waals surface area contributed by atoms with E-state index in [2.05, 4.69) is 4.98 Å². The number of benzene rings is 2. The van der Waals surface area contributed by atoms with E-state index in [0.29, 0.717) is 0 Å². The predicted octanol–water partition coefficient (Wildman–Crippen LogP) is 4.55. The molecule has 0 amide bonds. The van der Waals surface area contributed by atoms with Crippen molar-refractivity contribution < 1.29 is 17.6 Å². The van der Waals surface area contributed by atoms with E-state index in [-0.39, 0.29) is 27.1 Å². The van der Waals surface area contributed by atoms with Crippen LogP contribution in [0.15, 0.2) is 24.3 Å². The van der Waals surface area contributed by atoms with Crippen molar-refractivity contribution in [1.29, 1.82) is 0 Å². The molecule has 0 aliphatic heterocycles. The minimum Gasteiger partial charge on any atom is -0.330 e. The minimum absolute atomic E-state index is 0.0587. The van der Waals surface area contributed by atoms with Crippen LogP contribution >= 0.6 is 12.2 Å². The molecule has 1 N–H and O–H groups in total. The molecule has 0 aliphatic carbocycles. The van der Waals surface area contributed by atoms with Gasteiger partial charge in [0, 0.05) is 6.07 Å². The zero-order valence-electron chi connectivity index (χ0n) is 10.7. The molecular formula is C14H8F4N2S. The van der Waals surface area contributed by atoms with Gasteiger partial charge in [-0.25, -0.2) is 17.6 Å². The van der Waals surface area contributed by atoms with Crippen LogP contribution in [0.2, 0.25) is 0 Å². The molecule has 0 spiro atoms. The molecular weight excluding hydrogens is 304 g/mol. The number of aryl methyl sites for hydroxylation is 1. The van der Waals surface area contributed by atoms with Gasteiger partial charge in [-0.05, 0) is 42.9 Å².